The fourth-order valence-electron chi connectivity index (χ4n) is 1.57. The molecule has 0 saturated carbocycles. The number of anilines is 1. The van der Waals surface area contributed by atoms with Crippen molar-refractivity contribution in [3.63, 3.8) is 0 Å². The fraction of sp³-hybridized carbons (Fsp3) is 0.0909. The summed E-state index contributed by atoms with van der Waals surface area (Å²) >= 11 is 5.01. The van der Waals surface area contributed by atoms with Crippen LogP contribution < -0.4 is 10.9 Å². The number of thiophene rings is 1. The quantitative estimate of drug-likeness (QED) is 0.765. The van der Waals surface area contributed by atoms with Crippen LogP contribution in [0.5, 0.6) is 0 Å². The van der Waals surface area contributed by atoms with Crippen LogP contribution in [0.1, 0.15) is 4.88 Å². The van der Waals surface area contributed by atoms with Gasteiger partial charge in [-0.3, -0.25) is 9.78 Å². The van der Waals surface area contributed by atoms with Gasteiger partial charge in [-0.2, -0.15) is 4.98 Å². The second-order valence-corrected chi connectivity index (χ2v) is 5.64. The highest BCUT2D eigenvalue weighted by Gasteiger charge is 2.05. The van der Waals surface area contributed by atoms with Crippen molar-refractivity contribution in [1.29, 1.82) is 0 Å². The number of halogens is 1. The molecule has 0 aliphatic heterocycles. The number of aromatic amines is 1. The molecule has 0 saturated heterocycles. The summed E-state index contributed by atoms with van der Waals surface area (Å²) in [5.74, 6) is 0.391. The normalized spacial score (nSPS) is 10.8. The van der Waals surface area contributed by atoms with Crippen LogP contribution in [0, 0.1) is 0 Å². The standard InChI is InChI=1S/C11H8BrN5OS/c12-6-3-7(19-5-6)4-15-11-16-9-8(10(18)17-11)13-1-2-14-9/h1-3,5H,4H2,(H2,14,15,16,17,18). The maximum atomic E-state index is 11.8. The van der Waals surface area contributed by atoms with Crippen molar-refractivity contribution in [2.75, 3.05) is 5.32 Å². The first-order chi connectivity index (χ1) is 9.22. The van der Waals surface area contributed by atoms with E-state index in [0.29, 0.717) is 18.1 Å². The van der Waals surface area contributed by atoms with E-state index in [2.05, 4.69) is 41.2 Å². The molecule has 3 aromatic rings. The Labute approximate surface area is 120 Å². The lowest BCUT2D eigenvalue weighted by Crippen LogP contribution is -2.14. The first kappa shape index (κ1) is 12.2. The first-order valence-corrected chi connectivity index (χ1v) is 7.07. The first-order valence-electron chi connectivity index (χ1n) is 5.40. The van der Waals surface area contributed by atoms with Gasteiger partial charge in [0.2, 0.25) is 5.95 Å². The van der Waals surface area contributed by atoms with Gasteiger partial charge in [0.15, 0.2) is 11.2 Å². The van der Waals surface area contributed by atoms with Crippen LogP contribution in [0.3, 0.4) is 0 Å². The number of fused-ring (bicyclic) bond motifs is 1. The number of H-pyrrole nitrogens is 1. The molecule has 0 spiro atoms. The highest BCUT2D eigenvalue weighted by Crippen LogP contribution is 2.20. The Hall–Kier alpha value is -1.80. The summed E-state index contributed by atoms with van der Waals surface area (Å²) in [6.07, 6.45) is 2.98. The summed E-state index contributed by atoms with van der Waals surface area (Å²) in [5.41, 5.74) is 0.279. The molecule has 0 aliphatic carbocycles. The van der Waals surface area contributed by atoms with Crippen molar-refractivity contribution in [3.8, 4) is 0 Å². The summed E-state index contributed by atoms with van der Waals surface area (Å²) in [4.78, 5) is 27.7. The van der Waals surface area contributed by atoms with Crippen molar-refractivity contribution in [2.24, 2.45) is 0 Å². The van der Waals surface area contributed by atoms with E-state index < -0.39 is 0 Å². The van der Waals surface area contributed by atoms with Gasteiger partial charge >= 0.3 is 0 Å². The molecule has 0 fully saturated rings. The average Bonchev–Trinajstić information content (AvgIpc) is 2.82. The SMILES string of the molecule is O=c1[nH]c(NCc2cc(Br)cs2)nc2nccnc12. The van der Waals surface area contributed by atoms with E-state index in [1.54, 1.807) is 11.3 Å². The maximum Gasteiger partial charge on any atom is 0.280 e. The molecule has 19 heavy (non-hydrogen) atoms. The molecule has 0 amide bonds. The van der Waals surface area contributed by atoms with Gasteiger partial charge in [0.1, 0.15) is 0 Å². The third kappa shape index (κ3) is 2.64. The summed E-state index contributed by atoms with van der Waals surface area (Å²) < 4.78 is 1.04. The van der Waals surface area contributed by atoms with Crippen LogP contribution in [0.4, 0.5) is 5.95 Å². The van der Waals surface area contributed by atoms with E-state index in [9.17, 15) is 4.79 Å². The Balaban J connectivity index is 1.87. The highest BCUT2D eigenvalue weighted by molar-refractivity contribution is 9.10. The number of hydrogen-bond donors (Lipinski definition) is 2. The number of hydrogen-bond acceptors (Lipinski definition) is 6. The van der Waals surface area contributed by atoms with Crippen molar-refractivity contribution in [1.82, 2.24) is 19.9 Å². The lowest BCUT2D eigenvalue weighted by atomic mass is 10.4. The minimum Gasteiger partial charge on any atom is -0.351 e. The molecular weight excluding hydrogens is 330 g/mol. The topological polar surface area (TPSA) is 83.6 Å². The highest BCUT2D eigenvalue weighted by atomic mass is 79.9. The van der Waals surface area contributed by atoms with Gasteiger partial charge in [-0.1, -0.05) is 0 Å². The molecule has 0 unspecified atom stereocenters. The van der Waals surface area contributed by atoms with Crippen molar-refractivity contribution in [2.45, 2.75) is 6.54 Å². The number of nitrogens with zero attached hydrogens (tertiary/aromatic N) is 3. The zero-order valence-electron chi connectivity index (χ0n) is 9.55. The molecule has 0 radical (unpaired) electrons. The van der Waals surface area contributed by atoms with Crippen LogP contribution in [0.25, 0.3) is 11.2 Å². The van der Waals surface area contributed by atoms with E-state index in [0.717, 1.165) is 9.35 Å². The molecule has 6 nitrogen and oxygen atoms in total. The Morgan fingerprint density at radius 1 is 1.37 bits per heavy atom. The zero-order chi connectivity index (χ0) is 13.2. The van der Waals surface area contributed by atoms with Crippen LogP contribution in [-0.2, 0) is 6.54 Å². The second-order valence-electron chi connectivity index (χ2n) is 3.73. The molecule has 0 aliphatic rings. The van der Waals surface area contributed by atoms with E-state index in [1.165, 1.54) is 12.4 Å². The molecule has 0 aromatic carbocycles. The predicted molar refractivity (Wildman–Crippen MR) is 77.3 cm³/mol. The van der Waals surface area contributed by atoms with Crippen molar-refractivity contribution < 1.29 is 0 Å². The van der Waals surface area contributed by atoms with Gasteiger partial charge in [0, 0.05) is 27.1 Å². The molecule has 3 rings (SSSR count). The largest absolute Gasteiger partial charge is 0.351 e. The van der Waals surface area contributed by atoms with Gasteiger partial charge in [0.05, 0.1) is 6.54 Å². The van der Waals surface area contributed by atoms with E-state index in [1.807, 2.05) is 11.4 Å². The smallest absolute Gasteiger partial charge is 0.280 e. The lowest BCUT2D eigenvalue weighted by molar-refractivity contribution is 1.05. The second kappa shape index (κ2) is 5.06. The van der Waals surface area contributed by atoms with Gasteiger partial charge in [0.25, 0.3) is 5.56 Å². The molecule has 0 bridgehead atoms. The van der Waals surface area contributed by atoms with Crippen LogP contribution in [-0.4, -0.2) is 19.9 Å². The number of nitrogens with one attached hydrogen (secondary N) is 2. The monoisotopic (exact) mass is 337 g/mol. The molecule has 96 valence electrons. The van der Waals surface area contributed by atoms with Gasteiger partial charge < -0.3 is 5.32 Å². The van der Waals surface area contributed by atoms with Crippen LogP contribution in [0.2, 0.25) is 0 Å². The van der Waals surface area contributed by atoms with Crippen LogP contribution >= 0.6 is 27.3 Å². The summed E-state index contributed by atoms with van der Waals surface area (Å²) in [6.45, 7) is 0.588. The average molecular weight is 338 g/mol. The predicted octanol–water partition coefficient (Wildman–Crippen LogP) is 2.15. The Morgan fingerprint density at radius 2 is 2.21 bits per heavy atom. The van der Waals surface area contributed by atoms with Gasteiger partial charge in [-0.25, -0.2) is 9.97 Å². The summed E-state index contributed by atoms with van der Waals surface area (Å²) in [5, 5.41) is 5.06. The third-order valence-corrected chi connectivity index (χ3v) is 4.09. The van der Waals surface area contributed by atoms with Crippen molar-refractivity contribution >= 4 is 44.4 Å². The van der Waals surface area contributed by atoms with Gasteiger partial charge in [-0.05, 0) is 22.0 Å². The minimum atomic E-state index is -0.298. The Morgan fingerprint density at radius 3 is 3.00 bits per heavy atom. The number of rotatable bonds is 3. The molecule has 2 N–H and O–H groups in total. The minimum absolute atomic E-state index is 0.243. The molecule has 8 heteroatoms. The molecule has 3 heterocycles. The summed E-state index contributed by atoms with van der Waals surface area (Å²) in [6, 6.07) is 2.01. The number of aromatic nitrogens is 4. The molecule has 0 atom stereocenters. The molecular formula is C11H8BrN5OS. The van der Waals surface area contributed by atoms with E-state index in [4.69, 9.17) is 0 Å². The fourth-order valence-corrected chi connectivity index (χ4v) is 2.97. The van der Waals surface area contributed by atoms with Gasteiger partial charge in [-0.15, -0.1) is 11.3 Å². The molecule has 3 aromatic heterocycles. The van der Waals surface area contributed by atoms with Crippen LogP contribution in [0.15, 0.2) is 33.1 Å². The Kier molecular flexibility index (Phi) is 3.26. The van der Waals surface area contributed by atoms with E-state index in [-0.39, 0.29) is 11.1 Å². The zero-order valence-corrected chi connectivity index (χ0v) is 12.0. The Bertz CT molecular complexity index is 784. The lowest BCUT2D eigenvalue weighted by Gasteiger charge is -2.03. The third-order valence-electron chi connectivity index (χ3n) is 2.40. The maximum absolute atomic E-state index is 11.8. The van der Waals surface area contributed by atoms with Crippen molar-refractivity contribution in [3.05, 3.63) is 43.5 Å². The summed E-state index contributed by atoms with van der Waals surface area (Å²) in [7, 11) is 0. The van der Waals surface area contributed by atoms with E-state index >= 15 is 0 Å².